The maximum Gasteiger partial charge on any atom is 0.110 e. The van der Waals surface area contributed by atoms with Crippen LogP contribution in [0, 0.1) is 0 Å². The van der Waals surface area contributed by atoms with E-state index in [0.717, 1.165) is 24.5 Å². The fraction of sp³-hybridized carbons (Fsp3) is 0.769. The summed E-state index contributed by atoms with van der Waals surface area (Å²) in [5.74, 6) is 2.16. The topological polar surface area (TPSA) is 45.1 Å². The Morgan fingerprint density at radius 3 is 3.11 bits per heavy atom. The van der Waals surface area contributed by atoms with Crippen LogP contribution in [0.4, 0.5) is 0 Å². The molecule has 3 nitrogen and oxygen atoms in total. The number of aromatic nitrogens is 1. The molecule has 1 aromatic rings. The Balaban J connectivity index is 1.66. The molecule has 1 aromatic heterocycles. The van der Waals surface area contributed by atoms with Gasteiger partial charge >= 0.3 is 0 Å². The fourth-order valence-corrected chi connectivity index (χ4v) is 4.08. The highest BCUT2D eigenvalue weighted by atomic mass is 32.2. The quantitative estimate of drug-likeness (QED) is 0.720. The summed E-state index contributed by atoms with van der Waals surface area (Å²) in [6, 6.07) is 0.374. The van der Waals surface area contributed by atoms with Crippen LogP contribution in [0.5, 0.6) is 0 Å². The van der Waals surface area contributed by atoms with E-state index in [1.165, 1.54) is 34.8 Å². The largest absolute Gasteiger partial charge is 0.396 e. The lowest BCUT2D eigenvalue weighted by molar-refractivity contribution is 0.296. The van der Waals surface area contributed by atoms with Gasteiger partial charge in [-0.1, -0.05) is 0 Å². The smallest absolute Gasteiger partial charge is 0.110 e. The molecule has 102 valence electrons. The zero-order valence-corrected chi connectivity index (χ0v) is 12.6. The van der Waals surface area contributed by atoms with Crippen LogP contribution < -0.4 is 5.32 Å². The van der Waals surface area contributed by atoms with Crippen LogP contribution in [-0.2, 0) is 12.8 Å². The number of nitrogens with zero attached hydrogens (tertiary/aromatic N) is 1. The van der Waals surface area contributed by atoms with E-state index in [0.29, 0.717) is 12.6 Å². The van der Waals surface area contributed by atoms with Crippen molar-refractivity contribution >= 4 is 23.1 Å². The number of hydrogen-bond donors (Lipinski definition) is 2. The molecule has 0 bridgehead atoms. The van der Waals surface area contributed by atoms with Crippen molar-refractivity contribution in [3.63, 3.8) is 0 Å². The molecule has 1 unspecified atom stereocenters. The summed E-state index contributed by atoms with van der Waals surface area (Å²) in [6.07, 6.45) is 4.60. The third-order valence-electron chi connectivity index (χ3n) is 3.13. The molecule has 0 aromatic carbocycles. The van der Waals surface area contributed by atoms with Gasteiger partial charge in [-0.15, -0.1) is 11.3 Å². The summed E-state index contributed by atoms with van der Waals surface area (Å²) < 4.78 is 0. The number of aliphatic hydroxyl groups excluding tert-OH is 1. The maximum absolute atomic E-state index is 8.68. The highest BCUT2D eigenvalue weighted by Gasteiger charge is 2.19. The molecule has 0 saturated carbocycles. The molecule has 2 rings (SSSR count). The number of thiazole rings is 1. The zero-order valence-electron chi connectivity index (χ0n) is 10.9. The molecule has 1 heterocycles. The van der Waals surface area contributed by atoms with E-state index in [1.807, 2.05) is 23.1 Å². The predicted molar refractivity (Wildman–Crippen MR) is 79.6 cm³/mol. The van der Waals surface area contributed by atoms with E-state index in [-0.39, 0.29) is 0 Å². The molecule has 18 heavy (non-hydrogen) atoms. The lowest BCUT2D eigenvalue weighted by Gasteiger charge is -2.10. The van der Waals surface area contributed by atoms with E-state index in [2.05, 4.69) is 12.2 Å². The van der Waals surface area contributed by atoms with E-state index in [4.69, 9.17) is 10.1 Å². The van der Waals surface area contributed by atoms with Gasteiger partial charge in [-0.05, 0) is 38.4 Å². The number of aryl methyl sites for hydroxylation is 2. The van der Waals surface area contributed by atoms with Crippen molar-refractivity contribution < 1.29 is 5.11 Å². The normalized spacial score (nSPS) is 15.9. The van der Waals surface area contributed by atoms with Gasteiger partial charge in [-0.2, -0.15) is 11.8 Å². The minimum atomic E-state index is 0.307. The molecule has 0 aliphatic heterocycles. The fourth-order valence-electron chi connectivity index (χ4n) is 2.10. The number of hydrogen-bond acceptors (Lipinski definition) is 5. The van der Waals surface area contributed by atoms with E-state index < -0.39 is 0 Å². The molecule has 2 N–H and O–H groups in total. The summed E-state index contributed by atoms with van der Waals surface area (Å²) in [4.78, 5) is 6.25. The van der Waals surface area contributed by atoms with Gasteiger partial charge in [-0.3, -0.25) is 0 Å². The van der Waals surface area contributed by atoms with Crippen LogP contribution in [0.25, 0.3) is 0 Å². The van der Waals surface area contributed by atoms with Crippen molar-refractivity contribution in [2.75, 3.05) is 24.7 Å². The van der Waals surface area contributed by atoms with Gasteiger partial charge < -0.3 is 10.4 Å². The Morgan fingerprint density at radius 1 is 1.44 bits per heavy atom. The third kappa shape index (κ3) is 3.95. The van der Waals surface area contributed by atoms with E-state index in [1.54, 1.807) is 0 Å². The molecule has 5 heteroatoms. The number of nitrogens with one attached hydrogen (secondary N) is 1. The summed E-state index contributed by atoms with van der Waals surface area (Å²) in [5.41, 5.74) is 1.35. The molecule has 0 fully saturated rings. The highest BCUT2D eigenvalue weighted by molar-refractivity contribution is 7.99. The highest BCUT2D eigenvalue weighted by Crippen LogP contribution is 2.30. The Labute approximate surface area is 117 Å². The maximum atomic E-state index is 8.68. The van der Waals surface area contributed by atoms with Gasteiger partial charge in [0.05, 0.1) is 11.7 Å². The number of thioether (sulfide) groups is 1. The van der Waals surface area contributed by atoms with Crippen LogP contribution >= 0.6 is 23.1 Å². The zero-order chi connectivity index (χ0) is 12.8. The third-order valence-corrected chi connectivity index (χ3v) is 5.54. The van der Waals surface area contributed by atoms with Gasteiger partial charge in [0.25, 0.3) is 0 Å². The van der Waals surface area contributed by atoms with E-state index >= 15 is 0 Å². The lowest BCUT2D eigenvalue weighted by atomic mass is 10.3. The van der Waals surface area contributed by atoms with Gasteiger partial charge in [0.1, 0.15) is 5.01 Å². The van der Waals surface area contributed by atoms with Crippen LogP contribution in [-0.4, -0.2) is 34.7 Å². The van der Waals surface area contributed by atoms with Crippen LogP contribution in [0.2, 0.25) is 0 Å². The van der Waals surface area contributed by atoms with Crippen molar-refractivity contribution in [2.24, 2.45) is 0 Å². The molecule has 0 saturated heterocycles. The molecular formula is C13H22N2OS2. The summed E-state index contributed by atoms with van der Waals surface area (Å²) in [5, 5.41) is 13.5. The van der Waals surface area contributed by atoms with Crippen LogP contribution in [0.3, 0.4) is 0 Å². The van der Waals surface area contributed by atoms with Gasteiger partial charge in [0.2, 0.25) is 0 Å². The molecule has 1 aliphatic carbocycles. The minimum absolute atomic E-state index is 0.307. The van der Waals surface area contributed by atoms with Crippen molar-refractivity contribution in [3.8, 4) is 0 Å². The Bertz CT molecular complexity index is 346. The second-order valence-electron chi connectivity index (χ2n) is 4.64. The van der Waals surface area contributed by atoms with E-state index in [9.17, 15) is 0 Å². The summed E-state index contributed by atoms with van der Waals surface area (Å²) >= 11 is 3.79. The minimum Gasteiger partial charge on any atom is -0.396 e. The van der Waals surface area contributed by atoms with Gasteiger partial charge in [-0.25, -0.2) is 4.98 Å². The first-order valence-electron chi connectivity index (χ1n) is 6.71. The number of fused-ring (bicyclic) bond motifs is 1. The van der Waals surface area contributed by atoms with Crippen molar-refractivity contribution in [1.82, 2.24) is 10.3 Å². The molecular weight excluding hydrogens is 264 g/mol. The van der Waals surface area contributed by atoms with Crippen molar-refractivity contribution in [2.45, 2.75) is 38.6 Å². The Morgan fingerprint density at radius 2 is 2.33 bits per heavy atom. The lowest BCUT2D eigenvalue weighted by Crippen LogP contribution is -2.21. The molecule has 1 atom stereocenters. The second-order valence-corrected chi connectivity index (χ2v) is 6.98. The first kappa shape index (κ1) is 14.3. The molecule has 0 spiro atoms. The van der Waals surface area contributed by atoms with Crippen LogP contribution in [0.1, 0.15) is 41.4 Å². The van der Waals surface area contributed by atoms with Gasteiger partial charge in [0, 0.05) is 23.8 Å². The SMILES string of the molecule is CC(NCCSCCCO)c1nc2c(s1)CCC2. The Kier molecular flexibility index (Phi) is 5.95. The monoisotopic (exact) mass is 286 g/mol. The first-order chi connectivity index (χ1) is 8.81. The average molecular weight is 286 g/mol. The number of aliphatic hydroxyl groups is 1. The molecule has 0 radical (unpaired) electrons. The van der Waals surface area contributed by atoms with Crippen molar-refractivity contribution in [3.05, 3.63) is 15.6 Å². The number of rotatable bonds is 8. The standard InChI is InChI=1S/C13H22N2OS2/c1-10(14-6-9-17-8-3-7-16)13-15-11-4-2-5-12(11)18-13/h10,14,16H,2-9H2,1H3. The predicted octanol–water partition coefficient (Wildman–Crippen LogP) is 2.40. The van der Waals surface area contributed by atoms with Gasteiger partial charge in [0.15, 0.2) is 0 Å². The summed E-state index contributed by atoms with van der Waals surface area (Å²) in [6.45, 7) is 3.52. The van der Waals surface area contributed by atoms with Crippen LogP contribution in [0.15, 0.2) is 0 Å². The molecule has 1 aliphatic rings. The Hall–Kier alpha value is -0.100. The van der Waals surface area contributed by atoms with Crippen molar-refractivity contribution in [1.29, 1.82) is 0 Å². The average Bonchev–Trinajstić information content (AvgIpc) is 2.93. The summed E-state index contributed by atoms with van der Waals surface area (Å²) in [7, 11) is 0. The second kappa shape index (κ2) is 7.48. The molecule has 0 amide bonds. The first-order valence-corrected chi connectivity index (χ1v) is 8.69.